The molecule has 29 heavy (non-hydrogen) atoms. The highest BCUT2D eigenvalue weighted by Crippen LogP contribution is 2.37. The van der Waals surface area contributed by atoms with Crippen molar-refractivity contribution in [2.45, 2.75) is 50.7 Å². The molecule has 0 spiro atoms. The summed E-state index contributed by atoms with van der Waals surface area (Å²) in [7, 11) is 0. The molecule has 152 valence electrons. The van der Waals surface area contributed by atoms with Crippen LogP contribution in [0.1, 0.15) is 54.4 Å². The number of aromatic nitrogens is 1. The number of halogens is 3. The van der Waals surface area contributed by atoms with Crippen molar-refractivity contribution in [3.63, 3.8) is 0 Å². The van der Waals surface area contributed by atoms with E-state index in [1.165, 1.54) is 6.07 Å². The van der Waals surface area contributed by atoms with Crippen LogP contribution in [0, 0.1) is 0 Å². The summed E-state index contributed by atoms with van der Waals surface area (Å²) in [4.78, 5) is 15.8. The Hall–Kier alpha value is -2.76. The number of hydrogen-bond donors (Lipinski definition) is 2. The van der Waals surface area contributed by atoms with Gasteiger partial charge in [0.05, 0.1) is 5.56 Å². The highest BCUT2D eigenvalue weighted by Gasteiger charge is 2.32. The van der Waals surface area contributed by atoms with Crippen LogP contribution in [0.25, 0.3) is 10.9 Å². The second-order valence-corrected chi connectivity index (χ2v) is 7.66. The molecule has 1 saturated carbocycles. The molecule has 1 heterocycles. The minimum atomic E-state index is -4.42. The van der Waals surface area contributed by atoms with E-state index in [4.69, 9.17) is 0 Å². The van der Waals surface area contributed by atoms with Gasteiger partial charge in [-0.05, 0) is 42.0 Å². The third kappa shape index (κ3) is 4.16. The molecule has 4 rings (SSSR count). The van der Waals surface area contributed by atoms with Gasteiger partial charge in [-0.2, -0.15) is 13.2 Å². The largest absolute Gasteiger partial charge is 0.416 e. The number of fused-ring (bicyclic) bond motifs is 1. The topological polar surface area (TPSA) is 44.9 Å². The van der Waals surface area contributed by atoms with E-state index in [-0.39, 0.29) is 18.4 Å². The maximum absolute atomic E-state index is 13.3. The fourth-order valence-electron chi connectivity index (χ4n) is 3.86. The van der Waals surface area contributed by atoms with Crippen LogP contribution < -0.4 is 5.32 Å². The van der Waals surface area contributed by atoms with E-state index in [1.54, 1.807) is 6.07 Å². The summed E-state index contributed by atoms with van der Waals surface area (Å²) in [5.41, 5.74) is 2.76. The second-order valence-electron chi connectivity index (χ2n) is 7.66. The maximum atomic E-state index is 13.3. The smallest absolute Gasteiger partial charge is 0.361 e. The van der Waals surface area contributed by atoms with Crippen molar-refractivity contribution in [1.29, 1.82) is 0 Å². The number of carbonyl (C=O) groups is 1. The fraction of sp³-hybridized carbons (Fsp3) is 0.348. The third-order valence-electron chi connectivity index (χ3n) is 5.54. The summed E-state index contributed by atoms with van der Waals surface area (Å²) in [5, 5.41) is 3.91. The van der Waals surface area contributed by atoms with E-state index < -0.39 is 17.7 Å². The molecule has 1 fully saturated rings. The third-order valence-corrected chi connectivity index (χ3v) is 5.54. The normalized spacial score (nSPS) is 15.4. The van der Waals surface area contributed by atoms with Gasteiger partial charge in [0.1, 0.15) is 0 Å². The monoisotopic (exact) mass is 400 g/mol. The van der Waals surface area contributed by atoms with Crippen molar-refractivity contribution in [2.24, 2.45) is 0 Å². The van der Waals surface area contributed by atoms with Gasteiger partial charge >= 0.3 is 6.18 Å². The van der Waals surface area contributed by atoms with Crippen LogP contribution in [-0.4, -0.2) is 16.9 Å². The van der Waals surface area contributed by atoms with Crippen molar-refractivity contribution < 1.29 is 18.0 Å². The Balaban J connectivity index is 1.78. The average Bonchev–Trinajstić information content (AvgIpc) is 3.40. The van der Waals surface area contributed by atoms with Gasteiger partial charge < -0.3 is 10.3 Å². The standard InChI is InChI=1S/C23H23F3N2O/c1-2-14-5-4-8-18-20(13-27-22(14)18)19(12-21(29)28-17-9-10-17)15-6-3-7-16(11-15)23(24,25)26/h3-8,11,13,17,19,27H,2,9-10,12H2,1H3,(H,28,29)/t19-/m1/s1. The molecule has 1 aliphatic carbocycles. The summed E-state index contributed by atoms with van der Waals surface area (Å²) in [6.45, 7) is 2.06. The molecule has 6 heteroatoms. The number of H-pyrrole nitrogens is 1. The number of benzene rings is 2. The van der Waals surface area contributed by atoms with Gasteiger partial charge in [0.2, 0.25) is 5.91 Å². The Bertz CT molecular complexity index is 1030. The number of para-hydroxylation sites is 1. The average molecular weight is 400 g/mol. The predicted octanol–water partition coefficient (Wildman–Crippen LogP) is 5.55. The van der Waals surface area contributed by atoms with Crippen molar-refractivity contribution in [3.05, 3.63) is 70.9 Å². The summed E-state index contributed by atoms with van der Waals surface area (Å²) < 4.78 is 39.8. The second kappa shape index (κ2) is 7.58. The first kappa shape index (κ1) is 19.6. The highest BCUT2D eigenvalue weighted by atomic mass is 19.4. The van der Waals surface area contributed by atoms with Crippen LogP contribution in [0.2, 0.25) is 0 Å². The van der Waals surface area contributed by atoms with Gasteiger partial charge in [0.15, 0.2) is 0 Å². The first-order valence-electron chi connectivity index (χ1n) is 9.92. The van der Waals surface area contributed by atoms with E-state index >= 15 is 0 Å². The Kier molecular flexibility index (Phi) is 5.11. The molecule has 0 unspecified atom stereocenters. The number of carbonyl (C=O) groups excluding carboxylic acids is 1. The van der Waals surface area contributed by atoms with E-state index in [2.05, 4.69) is 17.2 Å². The molecule has 0 saturated heterocycles. The molecular formula is C23H23F3N2O. The van der Waals surface area contributed by atoms with Gasteiger partial charge in [-0.3, -0.25) is 4.79 Å². The highest BCUT2D eigenvalue weighted by molar-refractivity contribution is 5.88. The first-order chi connectivity index (χ1) is 13.9. The SMILES string of the molecule is CCc1cccc2c([C@H](CC(=O)NC3CC3)c3cccc(C(F)(F)F)c3)c[nH]c12. The quantitative estimate of drug-likeness (QED) is 0.560. The molecular weight excluding hydrogens is 377 g/mol. The van der Waals surface area contributed by atoms with E-state index in [1.807, 2.05) is 24.4 Å². The Morgan fingerprint density at radius 3 is 2.66 bits per heavy atom. The number of amides is 1. The molecule has 3 aromatic rings. The molecule has 1 amide bonds. The lowest BCUT2D eigenvalue weighted by Crippen LogP contribution is -2.27. The Morgan fingerprint density at radius 1 is 1.21 bits per heavy atom. The van der Waals surface area contributed by atoms with Crippen LogP contribution in [0.5, 0.6) is 0 Å². The number of alkyl halides is 3. The molecule has 2 aromatic carbocycles. The van der Waals surface area contributed by atoms with Crippen LogP contribution >= 0.6 is 0 Å². The summed E-state index contributed by atoms with van der Waals surface area (Å²) in [6, 6.07) is 11.5. The summed E-state index contributed by atoms with van der Waals surface area (Å²) in [6.07, 6.45) is 0.292. The predicted molar refractivity (Wildman–Crippen MR) is 107 cm³/mol. The molecule has 0 aliphatic heterocycles. The lowest BCUT2D eigenvalue weighted by atomic mass is 9.86. The molecule has 2 N–H and O–H groups in total. The minimum Gasteiger partial charge on any atom is -0.361 e. The van der Waals surface area contributed by atoms with Gasteiger partial charge in [0, 0.05) is 35.5 Å². The van der Waals surface area contributed by atoms with Gasteiger partial charge in [0.25, 0.3) is 0 Å². The Labute approximate surface area is 167 Å². The van der Waals surface area contributed by atoms with Crippen LogP contribution in [-0.2, 0) is 17.4 Å². The van der Waals surface area contributed by atoms with E-state index in [0.29, 0.717) is 5.56 Å². The molecule has 1 atom stereocenters. The zero-order chi connectivity index (χ0) is 20.6. The first-order valence-corrected chi connectivity index (χ1v) is 9.92. The number of aryl methyl sites for hydroxylation is 1. The fourth-order valence-corrected chi connectivity index (χ4v) is 3.86. The Morgan fingerprint density at radius 2 is 1.97 bits per heavy atom. The lowest BCUT2D eigenvalue weighted by molar-refractivity contribution is -0.137. The minimum absolute atomic E-state index is 0.112. The van der Waals surface area contributed by atoms with Crippen LogP contribution in [0.15, 0.2) is 48.7 Å². The molecule has 1 aromatic heterocycles. The molecule has 0 radical (unpaired) electrons. The van der Waals surface area contributed by atoms with Crippen molar-refractivity contribution in [2.75, 3.05) is 0 Å². The molecule has 1 aliphatic rings. The molecule has 3 nitrogen and oxygen atoms in total. The maximum Gasteiger partial charge on any atom is 0.416 e. The summed E-state index contributed by atoms with van der Waals surface area (Å²) in [5.74, 6) is -0.590. The van der Waals surface area contributed by atoms with Crippen molar-refractivity contribution >= 4 is 16.8 Å². The van der Waals surface area contributed by atoms with E-state index in [0.717, 1.165) is 53.4 Å². The van der Waals surface area contributed by atoms with Gasteiger partial charge in [-0.1, -0.05) is 43.3 Å². The van der Waals surface area contributed by atoms with Crippen LogP contribution in [0.3, 0.4) is 0 Å². The van der Waals surface area contributed by atoms with Crippen molar-refractivity contribution in [1.82, 2.24) is 10.3 Å². The lowest BCUT2D eigenvalue weighted by Gasteiger charge is -2.19. The van der Waals surface area contributed by atoms with Crippen molar-refractivity contribution in [3.8, 4) is 0 Å². The van der Waals surface area contributed by atoms with Gasteiger partial charge in [-0.25, -0.2) is 0 Å². The number of hydrogen-bond acceptors (Lipinski definition) is 1. The van der Waals surface area contributed by atoms with E-state index in [9.17, 15) is 18.0 Å². The van der Waals surface area contributed by atoms with Gasteiger partial charge in [-0.15, -0.1) is 0 Å². The zero-order valence-electron chi connectivity index (χ0n) is 16.1. The number of nitrogens with one attached hydrogen (secondary N) is 2. The number of rotatable bonds is 6. The van der Waals surface area contributed by atoms with Crippen LogP contribution in [0.4, 0.5) is 13.2 Å². The summed E-state index contributed by atoms with van der Waals surface area (Å²) >= 11 is 0. The molecule has 0 bridgehead atoms. The zero-order valence-corrected chi connectivity index (χ0v) is 16.1. The number of aromatic amines is 1.